The monoisotopic (exact) mass is 186 g/mol. The molecular weight excluding hydrogens is 164 g/mol. The molecule has 0 spiro atoms. The normalized spacial score (nSPS) is 31.6. The Labute approximate surface area is 81.4 Å². The van der Waals surface area contributed by atoms with E-state index in [1.54, 1.807) is 7.11 Å². The van der Waals surface area contributed by atoms with E-state index in [9.17, 15) is 0 Å². The second-order valence-corrected chi connectivity index (χ2v) is 3.43. The highest BCUT2D eigenvalue weighted by Gasteiger charge is 2.40. The number of ether oxygens (including phenoxy) is 1. The summed E-state index contributed by atoms with van der Waals surface area (Å²) in [6.45, 7) is 8.36. The average molecular weight is 186 g/mol. The van der Waals surface area contributed by atoms with Crippen molar-refractivity contribution < 1.29 is 4.74 Å². The number of fused-ring (bicyclic) bond motifs is 2. The molecule has 0 aromatic heterocycles. The summed E-state index contributed by atoms with van der Waals surface area (Å²) in [5.41, 5.74) is 0. The summed E-state index contributed by atoms with van der Waals surface area (Å²) in [4.78, 5) is 2.56. The first-order valence-electron chi connectivity index (χ1n) is 5.37. The number of methoxy groups -OCH3 is 1. The SMILES string of the molecule is CC.COCCN1C2CNCC1C2. The summed E-state index contributed by atoms with van der Waals surface area (Å²) in [5.74, 6) is 0. The molecular formula is C10H22N2O. The van der Waals surface area contributed by atoms with E-state index >= 15 is 0 Å². The molecule has 3 nitrogen and oxygen atoms in total. The van der Waals surface area contributed by atoms with Crippen molar-refractivity contribution in [2.75, 3.05) is 33.4 Å². The van der Waals surface area contributed by atoms with Crippen LogP contribution >= 0.6 is 0 Å². The van der Waals surface area contributed by atoms with Gasteiger partial charge < -0.3 is 10.1 Å². The first kappa shape index (κ1) is 11.0. The van der Waals surface area contributed by atoms with E-state index in [-0.39, 0.29) is 0 Å². The average Bonchev–Trinajstić information content (AvgIpc) is 2.22. The molecule has 0 amide bonds. The topological polar surface area (TPSA) is 24.5 Å². The van der Waals surface area contributed by atoms with Crippen molar-refractivity contribution in [1.29, 1.82) is 0 Å². The molecule has 0 saturated carbocycles. The molecule has 2 atom stereocenters. The van der Waals surface area contributed by atoms with Crippen LogP contribution in [0, 0.1) is 0 Å². The second-order valence-electron chi connectivity index (χ2n) is 3.43. The lowest BCUT2D eigenvalue weighted by Crippen LogP contribution is -2.68. The Kier molecular flexibility index (Phi) is 4.70. The first-order chi connectivity index (χ1) is 6.42. The molecule has 3 aliphatic rings. The van der Waals surface area contributed by atoms with Crippen molar-refractivity contribution >= 4 is 0 Å². The standard InChI is InChI=1S/C8H16N2O.C2H6/c1-11-3-2-10-7-4-8(10)6-9-5-7;1-2/h7-9H,2-6H2,1H3;1-2H3. The molecule has 1 N–H and O–H groups in total. The minimum atomic E-state index is 0.809. The predicted molar refractivity (Wildman–Crippen MR) is 55.0 cm³/mol. The zero-order valence-corrected chi connectivity index (χ0v) is 9.05. The van der Waals surface area contributed by atoms with Crippen molar-refractivity contribution in [2.24, 2.45) is 0 Å². The fourth-order valence-electron chi connectivity index (χ4n) is 2.12. The third kappa shape index (κ3) is 2.42. The Balaban J connectivity index is 0.000000396. The fourth-order valence-corrected chi connectivity index (χ4v) is 2.12. The number of nitrogens with one attached hydrogen (secondary N) is 1. The van der Waals surface area contributed by atoms with Gasteiger partial charge in [-0.1, -0.05) is 13.8 Å². The van der Waals surface area contributed by atoms with Crippen LogP contribution in [0.25, 0.3) is 0 Å². The lowest BCUT2D eigenvalue weighted by atomic mass is 9.89. The molecule has 0 aliphatic carbocycles. The second kappa shape index (κ2) is 5.58. The summed E-state index contributed by atoms with van der Waals surface area (Å²) in [6, 6.07) is 1.62. The van der Waals surface area contributed by atoms with Crippen molar-refractivity contribution in [3.05, 3.63) is 0 Å². The Morgan fingerprint density at radius 2 is 1.92 bits per heavy atom. The van der Waals surface area contributed by atoms with Crippen LogP contribution in [-0.2, 0) is 4.74 Å². The Hall–Kier alpha value is -0.120. The molecule has 78 valence electrons. The molecule has 3 rings (SSSR count). The van der Waals surface area contributed by atoms with Gasteiger partial charge in [0, 0.05) is 38.8 Å². The Bertz CT molecular complexity index is 127. The number of nitrogens with zero attached hydrogens (tertiary/aromatic N) is 1. The van der Waals surface area contributed by atoms with Crippen LogP contribution in [0.5, 0.6) is 0 Å². The van der Waals surface area contributed by atoms with E-state index < -0.39 is 0 Å². The maximum absolute atomic E-state index is 5.05. The van der Waals surface area contributed by atoms with Crippen LogP contribution in [0.4, 0.5) is 0 Å². The Morgan fingerprint density at radius 3 is 2.38 bits per heavy atom. The minimum absolute atomic E-state index is 0.809. The number of hydrogen-bond acceptors (Lipinski definition) is 3. The van der Waals surface area contributed by atoms with Crippen LogP contribution < -0.4 is 5.32 Å². The highest BCUT2D eigenvalue weighted by atomic mass is 16.5. The van der Waals surface area contributed by atoms with Gasteiger partial charge in [0.1, 0.15) is 0 Å². The van der Waals surface area contributed by atoms with Gasteiger partial charge in [-0.15, -0.1) is 0 Å². The van der Waals surface area contributed by atoms with Crippen molar-refractivity contribution in [3.8, 4) is 0 Å². The van der Waals surface area contributed by atoms with Crippen molar-refractivity contribution in [1.82, 2.24) is 10.2 Å². The number of rotatable bonds is 3. The van der Waals surface area contributed by atoms with Gasteiger partial charge in [0.2, 0.25) is 0 Å². The molecule has 3 heteroatoms. The molecule has 0 aromatic rings. The summed E-state index contributed by atoms with van der Waals surface area (Å²) in [7, 11) is 1.77. The number of hydrogen-bond donors (Lipinski definition) is 1. The van der Waals surface area contributed by atoms with Crippen molar-refractivity contribution in [3.63, 3.8) is 0 Å². The van der Waals surface area contributed by atoms with Crippen LogP contribution in [-0.4, -0.2) is 50.3 Å². The van der Waals surface area contributed by atoms with Gasteiger partial charge in [0.15, 0.2) is 0 Å². The molecule has 0 radical (unpaired) electrons. The third-order valence-electron chi connectivity index (χ3n) is 2.80. The maximum atomic E-state index is 5.05. The zero-order valence-electron chi connectivity index (χ0n) is 9.05. The van der Waals surface area contributed by atoms with Gasteiger partial charge in [0.05, 0.1) is 6.61 Å². The van der Waals surface area contributed by atoms with Crippen LogP contribution in [0.15, 0.2) is 0 Å². The summed E-state index contributed by atoms with van der Waals surface area (Å²) >= 11 is 0. The Morgan fingerprint density at radius 1 is 1.31 bits per heavy atom. The minimum Gasteiger partial charge on any atom is -0.383 e. The quantitative estimate of drug-likeness (QED) is 0.702. The van der Waals surface area contributed by atoms with E-state index in [4.69, 9.17) is 4.74 Å². The zero-order chi connectivity index (χ0) is 9.68. The van der Waals surface area contributed by atoms with E-state index in [1.165, 1.54) is 19.5 Å². The molecule has 3 aliphatic heterocycles. The van der Waals surface area contributed by atoms with Gasteiger partial charge in [0.25, 0.3) is 0 Å². The molecule has 2 unspecified atom stereocenters. The fraction of sp³-hybridized carbons (Fsp3) is 1.00. The van der Waals surface area contributed by atoms with E-state index in [1.807, 2.05) is 13.8 Å². The van der Waals surface area contributed by atoms with Crippen molar-refractivity contribution in [2.45, 2.75) is 32.4 Å². The first-order valence-corrected chi connectivity index (χ1v) is 5.37. The number of piperazine rings is 1. The number of piperidine rings is 1. The molecule has 3 saturated heterocycles. The van der Waals surface area contributed by atoms with Crippen LogP contribution in [0.1, 0.15) is 20.3 Å². The highest BCUT2D eigenvalue weighted by Crippen LogP contribution is 2.27. The van der Waals surface area contributed by atoms with Gasteiger partial charge in [-0.2, -0.15) is 0 Å². The predicted octanol–water partition coefficient (Wildman–Crippen LogP) is 0.705. The van der Waals surface area contributed by atoms with Gasteiger partial charge in [-0.3, -0.25) is 4.90 Å². The molecule has 3 heterocycles. The van der Waals surface area contributed by atoms with Crippen LogP contribution in [0.2, 0.25) is 0 Å². The lowest BCUT2D eigenvalue weighted by Gasteiger charge is -2.53. The lowest BCUT2D eigenvalue weighted by molar-refractivity contribution is -0.0281. The highest BCUT2D eigenvalue weighted by molar-refractivity contribution is 4.99. The summed E-state index contributed by atoms with van der Waals surface area (Å²) in [6.07, 6.45) is 1.40. The third-order valence-corrected chi connectivity index (χ3v) is 2.80. The van der Waals surface area contributed by atoms with E-state index in [2.05, 4.69) is 10.2 Å². The van der Waals surface area contributed by atoms with Gasteiger partial charge in [-0.25, -0.2) is 0 Å². The van der Waals surface area contributed by atoms with Gasteiger partial charge >= 0.3 is 0 Å². The molecule has 0 aromatic carbocycles. The van der Waals surface area contributed by atoms with Crippen LogP contribution in [0.3, 0.4) is 0 Å². The molecule has 13 heavy (non-hydrogen) atoms. The summed E-state index contributed by atoms with van der Waals surface area (Å²) < 4.78 is 5.05. The smallest absolute Gasteiger partial charge is 0.0589 e. The largest absolute Gasteiger partial charge is 0.383 e. The van der Waals surface area contributed by atoms with E-state index in [0.717, 1.165) is 25.2 Å². The van der Waals surface area contributed by atoms with E-state index in [0.29, 0.717) is 0 Å². The van der Waals surface area contributed by atoms with Gasteiger partial charge in [-0.05, 0) is 6.42 Å². The summed E-state index contributed by atoms with van der Waals surface area (Å²) in [5, 5.41) is 3.41. The maximum Gasteiger partial charge on any atom is 0.0589 e. The molecule has 3 fully saturated rings. The molecule has 2 bridgehead atoms.